The van der Waals surface area contributed by atoms with Gasteiger partial charge in [0.1, 0.15) is 11.9 Å². The summed E-state index contributed by atoms with van der Waals surface area (Å²) < 4.78 is 0. The number of rotatable bonds is 7. The topological polar surface area (TPSA) is 87.5 Å². The highest BCUT2D eigenvalue weighted by atomic mass is 16.6. The van der Waals surface area contributed by atoms with Crippen LogP contribution in [0.3, 0.4) is 0 Å². The van der Waals surface area contributed by atoms with Crippen LogP contribution in [-0.4, -0.2) is 23.9 Å². The van der Waals surface area contributed by atoms with Crippen molar-refractivity contribution >= 4 is 23.0 Å². The van der Waals surface area contributed by atoms with Gasteiger partial charge in [0.25, 0.3) is 11.6 Å². The van der Waals surface area contributed by atoms with Crippen LogP contribution >= 0.6 is 0 Å². The number of fused-ring (bicyclic) bond motifs is 1. The zero-order chi connectivity index (χ0) is 21.1. The van der Waals surface area contributed by atoms with Gasteiger partial charge in [-0.15, -0.1) is 0 Å². The van der Waals surface area contributed by atoms with Gasteiger partial charge in [0.2, 0.25) is 0 Å². The van der Waals surface area contributed by atoms with Crippen LogP contribution in [0.15, 0.2) is 42.5 Å². The Morgan fingerprint density at radius 2 is 1.69 bits per heavy atom. The van der Waals surface area contributed by atoms with Crippen LogP contribution in [0.4, 0.5) is 17.1 Å². The molecule has 1 atom stereocenters. The van der Waals surface area contributed by atoms with Crippen LogP contribution in [0.1, 0.15) is 49.8 Å². The van der Waals surface area contributed by atoms with Crippen molar-refractivity contribution in [1.29, 1.82) is 0 Å². The fraction of sp³-hybridized carbons (Fsp3) is 0.409. The number of hydrogen-bond donors (Lipinski definition) is 2. The average molecular weight is 396 g/mol. The summed E-state index contributed by atoms with van der Waals surface area (Å²) in [6.45, 7) is 9.89. The monoisotopic (exact) mass is 396 g/mol. The number of amides is 1. The summed E-state index contributed by atoms with van der Waals surface area (Å²) in [5.41, 5.74) is 2.60. The van der Waals surface area contributed by atoms with E-state index in [0.29, 0.717) is 34.3 Å². The van der Waals surface area contributed by atoms with Crippen LogP contribution in [-0.2, 0) is 0 Å². The first-order valence-corrected chi connectivity index (χ1v) is 9.96. The molecular weight excluding hydrogens is 368 g/mol. The molecular formula is C22H28N4O3. The number of nitro benzene ring substituents is 1. The van der Waals surface area contributed by atoms with Crippen LogP contribution < -0.4 is 15.5 Å². The van der Waals surface area contributed by atoms with E-state index < -0.39 is 6.17 Å². The van der Waals surface area contributed by atoms with Crippen molar-refractivity contribution in [3.63, 3.8) is 0 Å². The molecule has 29 heavy (non-hydrogen) atoms. The van der Waals surface area contributed by atoms with Gasteiger partial charge in [-0.05, 0) is 30.0 Å². The maximum atomic E-state index is 12.4. The van der Waals surface area contributed by atoms with Gasteiger partial charge >= 0.3 is 0 Å². The lowest BCUT2D eigenvalue weighted by Gasteiger charge is -2.30. The van der Waals surface area contributed by atoms with Crippen LogP contribution in [0, 0.1) is 22.0 Å². The maximum absolute atomic E-state index is 12.4. The van der Waals surface area contributed by atoms with E-state index in [0.717, 1.165) is 13.1 Å². The lowest BCUT2D eigenvalue weighted by Crippen LogP contribution is -2.38. The molecule has 0 saturated carbocycles. The molecule has 0 unspecified atom stereocenters. The normalized spacial score (nSPS) is 15.7. The van der Waals surface area contributed by atoms with Gasteiger partial charge in [-0.25, -0.2) is 0 Å². The van der Waals surface area contributed by atoms with Crippen molar-refractivity contribution in [3.05, 3.63) is 63.7 Å². The molecule has 0 aliphatic carbocycles. The van der Waals surface area contributed by atoms with E-state index in [-0.39, 0.29) is 16.5 Å². The third kappa shape index (κ3) is 4.67. The number of para-hydroxylation sites is 1. The third-order valence-corrected chi connectivity index (χ3v) is 4.79. The zero-order valence-electron chi connectivity index (χ0n) is 17.3. The molecule has 7 heteroatoms. The first-order valence-electron chi connectivity index (χ1n) is 9.96. The SMILES string of the molecule is CC(C)CN(CC(C)C)c1ccc([C@@H]2NC(=O)c3ccccc3N2)cc1[N+](=O)[O-]. The maximum Gasteiger partial charge on any atom is 0.292 e. The van der Waals surface area contributed by atoms with Crippen LogP contribution in [0.5, 0.6) is 0 Å². The van der Waals surface area contributed by atoms with Crippen LogP contribution in [0.2, 0.25) is 0 Å². The molecule has 0 bridgehead atoms. The molecule has 2 N–H and O–H groups in total. The lowest BCUT2D eigenvalue weighted by atomic mass is 10.0. The van der Waals surface area contributed by atoms with Crippen molar-refractivity contribution in [2.24, 2.45) is 11.8 Å². The molecule has 0 fully saturated rings. The smallest absolute Gasteiger partial charge is 0.292 e. The second-order valence-electron chi connectivity index (χ2n) is 8.29. The van der Waals surface area contributed by atoms with E-state index in [1.165, 1.54) is 0 Å². The van der Waals surface area contributed by atoms with Crippen molar-refractivity contribution in [3.8, 4) is 0 Å². The predicted octanol–water partition coefficient (Wildman–Crippen LogP) is 4.57. The average Bonchev–Trinajstić information content (AvgIpc) is 2.66. The minimum absolute atomic E-state index is 0.0544. The summed E-state index contributed by atoms with van der Waals surface area (Å²) in [6.07, 6.45) is -0.520. The molecule has 1 amide bonds. The first-order chi connectivity index (χ1) is 13.8. The van der Waals surface area contributed by atoms with Gasteiger partial charge in [0.15, 0.2) is 0 Å². The number of nitrogens with zero attached hydrogens (tertiary/aromatic N) is 2. The van der Waals surface area contributed by atoms with Crippen molar-refractivity contribution in [2.75, 3.05) is 23.3 Å². The summed E-state index contributed by atoms with van der Waals surface area (Å²) in [4.78, 5) is 26.0. The number of nitro groups is 1. The number of nitrogens with one attached hydrogen (secondary N) is 2. The summed E-state index contributed by atoms with van der Waals surface area (Å²) >= 11 is 0. The number of carbonyl (C=O) groups excluding carboxylic acids is 1. The fourth-order valence-corrected chi connectivity index (χ4v) is 3.66. The van der Waals surface area contributed by atoms with E-state index in [1.807, 2.05) is 18.2 Å². The molecule has 1 aliphatic rings. The summed E-state index contributed by atoms with van der Waals surface area (Å²) in [5, 5.41) is 18.0. The largest absolute Gasteiger partial charge is 0.365 e. The Morgan fingerprint density at radius 1 is 1.03 bits per heavy atom. The zero-order valence-corrected chi connectivity index (χ0v) is 17.3. The lowest BCUT2D eigenvalue weighted by molar-refractivity contribution is -0.384. The number of carbonyl (C=O) groups is 1. The number of benzene rings is 2. The van der Waals surface area contributed by atoms with E-state index in [4.69, 9.17) is 0 Å². The number of hydrogen-bond acceptors (Lipinski definition) is 5. The molecule has 7 nitrogen and oxygen atoms in total. The highest BCUT2D eigenvalue weighted by Crippen LogP contribution is 2.34. The fourth-order valence-electron chi connectivity index (χ4n) is 3.66. The second-order valence-corrected chi connectivity index (χ2v) is 8.29. The third-order valence-electron chi connectivity index (χ3n) is 4.79. The minimum atomic E-state index is -0.520. The Kier molecular flexibility index (Phi) is 6.06. The Hall–Kier alpha value is -3.09. The minimum Gasteiger partial charge on any atom is -0.365 e. The molecule has 154 valence electrons. The first kappa shape index (κ1) is 20.6. The predicted molar refractivity (Wildman–Crippen MR) is 115 cm³/mol. The molecule has 1 aliphatic heterocycles. The standard InChI is InChI=1S/C22H28N4O3/c1-14(2)12-25(13-15(3)4)19-10-9-16(11-20(19)26(28)29)21-23-18-8-6-5-7-17(18)22(27)24-21/h5-11,14-15,21,23H,12-13H2,1-4H3,(H,24,27)/t21-/m0/s1. The quantitative estimate of drug-likeness (QED) is 0.529. The van der Waals surface area contributed by atoms with Crippen molar-refractivity contribution in [1.82, 2.24) is 5.32 Å². The van der Waals surface area contributed by atoms with E-state index >= 15 is 0 Å². The van der Waals surface area contributed by atoms with Crippen molar-refractivity contribution < 1.29 is 9.72 Å². The van der Waals surface area contributed by atoms with Crippen molar-refractivity contribution in [2.45, 2.75) is 33.9 Å². The molecule has 0 radical (unpaired) electrons. The Bertz CT molecular complexity index is 901. The van der Waals surface area contributed by atoms with E-state index in [2.05, 4.69) is 43.2 Å². The van der Waals surface area contributed by atoms with Gasteiger partial charge in [-0.1, -0.05) is 45.9 Å². The van der Waals surface area contributed by atoms with Gasteiger partial charge in [-0.2, -0.15) is 0 Å². The highest BCUT2D eigenvalue weighted by molar-refractivity contribution is 6.01. The summed E-state index contributed by atoms with van der Waals surface area (Å²) in [7, 11) is 0. The summed E-state index contributed by atoms with van der Waals surface area (Å²) in [5.74, 6) is 0.560. The van der Waals surface area contributed by atoms with E-state index in [9.17, 15) is 14.9 Å². The van der Waals surface area contributed by atoms with Gasteiger partial charge in [0.05, 0.1) is 10.5 Å². The molecule has 0 aromatic heterocycles. The van der Waals surface area contributed by atoms with Gasteiger partial charge < -0.3 is 15.5 Å². The van der Waals surface area contributed by atoms with Gasteiger partial charge in [-0.3, -0.25) is 14.9 Å². The number of anilines is 2. The Labute approximate surface area is 171 Å². The Morgan fingerprint density at radius 3 is 2.31 bits per heavy atom. The Balaban J connectivity index is 1.96. The second kappa shape index (κ2) is 8.51. The molecule has 0 saturated heterocycles. The summed E-state index contributed by atoms with van der Waals surface area (Å²) in [6, 6.07) is 12.4. The van der Waals surface area contributed by atoms with E-state index in [1.54, 1.807) is 24.3 Å². The molecule has 1 heterocycles. The van der Waals surface area contributed by atoms with Gasteiger partial charge in [0, 0.05) is 30.4 Å². The molecule has 3 rings (SSSR count). The molecule has 0 spiro atoms. The molecule has 2 aromatic rings. The highest BCUT2D eigenvalue weighted by Gasteiger charge is 2.28. The molecule has 2 aromatic carbocycles. The van der Waals surface area contributed by atoms with Crippen LogP contribution in [0.25, 0.3) is 0 Å².